The molecule has 1 aliphatic rings. The highest BCUT2D eigenvalue weighted by molar-refractivity contribution is 5.79. The van der Waals surface area contributed by atoms with E-state index in [1.165, 1.54) is 6.07 Å². The highest BCUT2D eigenvalue weighted by atomic mass is 19.1. The lowest BCUT2D eigenvalue weighted by molar-refractivity contribution is -0.144. The third kappa shape index (κ3) is 1.59. The molecular weight excluding hydrogens is 209 g/mol. The minimum atomic E-state index is -0.852. The van der Waals surface area contributed by atoms with Crippen LogP contribution in [0.4, 0.5) is 4.39 Å². The van der Waals surface area contributed by atoms with E-state index in [4.69, 9.17) is 0 Å². The van der Waals surface area contributed by atoms with Crippen molar-refractivity contribution in [2.75, 3.05) is 7.05 Å². The fraction of sp³-hybridized carbons (Fsp3) is 0.417. The average Bonchev–Trinajstić information content (AvgIpc) is 3.03. The molecule has 0 bridgehead atoms. The largest absolute Gasteiger partial charge is 0.481 e. The van der Waals surface area contributed by atoms with E-state index in [0.717, 1.165) is 0 Å². The molecule has 2 N–H and O–H groups in total. The topological polar surface area (TPSA) is 49.3 Å². The van der Waals surface area contributed by atoms with Gasteiger partial charge in [0.25, 0.3) is 0 Å². The Morgan fingerprint density at radius 3 is 2.56 bits per heavy atom. The van der Waals surface area contributed by atoms with Crippen LogP contribution in [0.3, 0.4) is 0 Å². The average molecular weight is 223 g/mol. The third-order valence-corrected chi connectivity index (χ3v) is 3.27. The van der Waals surface area contributed by atoms with Gasteiger partial charge in [-0.25, -0.2) is 4.39 Å². The lowest BCUT2D eigenvalue weighted by Crippen LogP contribution is -2.33. The molecule has 2 rings (SSSR count). The predicted molar refractivity (Wildman–Crippen MR) is 57.5 cm³/mol. The number of aliphatic carboxylic acids is 1. The van der Waals surface area contributed by atoms with E-state index in [0.29, 0.717) is 18.4 Å². The number of carboxylic acids is 1. The maximum absolute atomic E-state index is 13.6. The normalized spacial score (nSPS) is 19.1. The minimum Gasteiger partial charge on any atom is -0.481 e. The zero-order valence-corrected chi connectivity index (χ0v) is 9.03. The summed E-state index contributed by atoms with van der Waals surface area (Å²) in [6.45, 7) is 0. The van der Waals surface area contributed by atoms with Gasteiger partial charge in [-0.15, -0.1) is 0 Å². The van der Waals surface area contributed by atoms with Crippen molar-refractivity contribution in [1.29, 1.82) is 0 Å². The fourth-order valence-corrected chi connectivity index (χ4v) is 2.20. The first-order valence-corrected chi connectivity index (χ1v) is 5.27. The second-order valence-corrected chi connectivity index (χ2v) is 4.20. The highest BCUT2D eigenvalue weighted by Crippen LogP contribution is 2.55. The van der Waals surface area contributed by atoms with Gasteiger partial charge in [0.15, 0.2) is 0 Å². The van der Waals surface area contributed by atoms with Crippen molar-refractivity contribution in [3.05, 3.63) is 35.6 Å². The quantitative estimate of drug-likeness (QED) is 0.820. The number of hydrogen-bond acceptors (Lipinski definition) is 2. The van der Waals surface area contributed by atoms with Crippen molar-refractivity contribution < 1.29 is 14.3 Å². The van der Waals surface area contributed by atoms with Gasteiger partial charge in [-0.3, -0.25) is 4.79 Å². The number of halogens is 1. The Hall–Kier alpha value is -1.42. The molecule has 3 nitrogen and oxygen atoms in total. The van der Waals surface area contributed by atoms with Crippen LogP contribution in [0.2, 0.25) is 0 Å². The molecule has 16 heavy (non-hydrogen) atoms. The molecule has 0 amide bonds. The standard InChI is InChI=1S/C12H14FNO2/c1-14-10(12(6-7-12)11(15)16)8-4-2-3-5-9(8)13/h2-5,10,14H,6-7H2,1H3,(H,15,16). The van der Waals surface area contributed by atoms with Crippen LogP contribution >= 0.6 is 0 Å². The second-order valence-electron chi connectivity index (χ2n) is 4.20. The molecule has 1 aliphatic carbocycles. The smallest absolute Gasteiger partial charge is 0.311 e. The van der Waals surface area contributed by atoms with Crippen LogP contribution < -0.4 is 5.32 Å². The summed E-state index contributed by atoms with van der Waals surface area (Å²) in [5.74, 6) is -1.20. The van der Waals surface area contributed by atoms with Gasteiger partial charge in [-0.2, -0.15) is 0 Å². The van der Waals surface area contributed by atoms with E-state index in [1.54, 1.807) is 25.2 Å². The molecule has 1 unspecified atom stereocenters. The molecule has 0 aliphatic heterocycles. The molecule has 4 heteroatoms. The highest BCUT2D eigenvalue weighted by Gasteiger charge is 2.56. The summed E-state index contributed by atoms with van der Waals surface area (Å²) in [7, 11) is 1.67. The van der Waals surface area contributed by atoms with E-state index in [9.17, 15) is 14.3 Å². The van der Waals surface area contributed by atoms with E-state index in [-0.39, 0.29) is 5.82 Å². The van der Waals surface area contributed by atoms with E-state index in [2.05, 4.69) is 5.32 Å². The summed E-state index contributed by atoms with van der Waals surface area (Å²) in [5.41, 5.74) is -0.387. The molecule has 0 heterocycles. The van der Waals surface area contributed by atoms with Crippen molar-refractivity contribution in [3.8, 4) is 0 Å². The van der Waals surface area contributed by atoms with Crippen LogP contribution in [0.15, 0.2) is 24.3 Å². The van der Waals surface area contributed by atoms with Crippen LogP contribution in [0, 0.1) is 11.2 Å². The van der Waals surface area contributed by atoms with Crippen molar-refractivity contribution in [3.63, 3.8) is 0 Å². The molecular formula is C12H14FNO2. The van der Waals surface area contributed by atoms with E-state index >= 15 is 0 Å². The summed E-state index contributed by atoms with van der Waals surface area (Å²) in [6, 6.07) is 5.87. The number of nitrogens with one attached hydrogen (secondary N) is 1. The summed E-state index contributed by atoms with van der Waals surface area (Å²) < 4.78 is 13.6. The number of hydrogen-bond donors (Lipinski definition) is 2. The van der Waals surface area contributed by atoms with Gasteiger partial charge in [0.1, 0.15) is 5.82 Å². The summed E-state index contributed by atoms with van der Waals surface area (Å²) in [5, 5.41) is 12.1. The Labute approximate surface area is 93.3 Å². The second kappa shape index (κ2) is 3.87. The Balaban J connectivity index is 2.38. The first-order valence-electron chi connectivity index (χ1n) is 5.27. The molecule has 0 spiro atoms. The van der Waals surface area contributed by atoms with Crippen LogP contribution in [-0.4, -0.2) is 18.1 Å². The van der Waals surface area contributed by atoms with Crippen molar-refractivity contribution in [2.24, 2.45) is 5.41 Å². The SMILES string of the molecule is CNC(c1ccccc1F)C1(C(=O)O)CC1. The third-order valence-electron chi connectivity index (χ3n) is 3.27. The van der Waals surface area contributed by atoms with E-state index < -0.39 is 17.4 Å². The number of carboxylic acid groups (broad SMARTS) is 1. The maximum Gasteiger partial charge on any atom is 0.311 e. The molecule has 1 atom stereocenters. The van der Waals surface area contributed by atoms with Crippen molar-refractivity contribution in [2.45, 2.75) is 18.9 Å². The Kier molecular flexibility index (Phi) is 2.68. The molecule has 0 aromatic heterocycles. The predicted octanol–water partition coefficient (Wildman–Crippen LogP) is 1.95. The Bertz CT molecular complexity index is 415. The van der Waals surface area contributed by atoms with Crippen LogP contribution in [0.1, 0.15) is 24.4 Å². The monoisotopic (exact) mass is 223 g/mol. The Morgan fingerprint density at radius 1 is 1.50 bits per heavy atom. The van der Waals surface area contributed by atoms with Gasteiger partial charge in [0, 0.05) is 5.56 Å². The van der Waals surface area contributed by atoms with Gasteiger partial charge in [0.05, 0.1) is 11.5 Å². The van der Waals surface area contributed by atoms with Gasteiger partial charge < -0.3 is 10.4 Å². The van der Waals surface area contributed by atoms with Crippen LogP contribution in [0.5, 0.6) is 0 Å². The van der Waals surface area contributed by atoms with Gasteiger partial charge in [-0.1, -0.05) is 18.2 Å². The van der Waals surface area contributed by atoms with Gasteiger partial charge in [0.2, 0.25) is 0 Å². The molecule has 1 fully saturated rings. The lowest BCUT2D eigenvalue weighted by atomic mass is 9.90. The minimum absolute atomic E-state index is 0.352. The molecule has 1 aromatic rings. The zero-order chi connectivity index (χ0) is 11.8. The first kappa shape index (κ1) is 11.1. The number of benzene rings is 1. The lowest BCUT2D eigenvalue weighted by Gasteiger charge is -2.23. The first-order chi connectivity index (χ1) is 7.62. The molecule has 1 saturated carbocycles. The van der Waals surface area contributed by atoms with Crippen LogP contribution in [0.25, 0.3) is 0 Å². The zero-order valence-electron chi connectivity index (χ0n) is 9.03. The van der Waals surface area contributed by atoms with E-state index in [1.807, 2.05) is 0 Å². The van der Waals surface area contributed by atoms with Gasteiger partial charge in [-0.05, 0) is 26.0 Å². The maximum atomic E-state index is 13.6. The molecule has 1 aromatic carbocycles. The molecule has 86 valence electrons. The van der Waals surface area contributed by atoms with Crippen LogP contribution in [-0.2, 0) is 4.79 Å². The van der Waals surface area contributed by atoms with Crippen molar-refractivity contribution >= 4 is 5.97 Å². The molecule has 0 radical (unpaired) electrons. The summed E-state index contributed by atoms with van der Waals surface area (Å²) in [4.78, 5) is 11.2. The fourth-order valence-electron chi connectivity index (χ4n) is 2.20. The Morgan fingerprint density at radius 2 is 2.12 bits per heavy atom. The number of rotatable bonds is 4. The summed E-state index contributed by atoms with van der Waals surface area (Å²) >= 11 is 0. The molecule has 0 saturated heterocycles. The van der Waals surface area contributed by atoms with Gasteiger partial charge >= 0.3 is 5.97 Å². The van der Waals surface area contributed by atoms with Crippen molar-refractivity contribution in [1.82, 2.24) is 5.32 Å². The number of carbonyl (C=O) groups is 1. The summed E-state index contributed by atoms with van der Waals surface area (Å²) in [6.07, 6.45) is 1.20.